The third-order valence-corrected chi connectivity index (χ3v) is 5.86. The normalized spacial score (nSPS) is 17.4. The number of hydrogen-bond acceptors (Lipinski definition) is 4. The van der Waals surface area contributed by atoms with Crippen LogP contribution in [0, 0.1) is 0 Å². The molecule has 1 fully saturated rings. The summed E-state index contributed by atoms with van der Waals surface area (Å²) < 4.78 is 5.91. The molecular weight excluding hydrogens is 346 g/mol. The molecule has 1 saturated carbocycles. The molecule has 0 amide bonds. The lowest BCUT2D eigenvalue weighted by Gasteiger charge is -2.30. The number of pyridine rings is 1. The average molecular weight is 382 g/mol. The number of aromatic nitrogens is 1. The van der Waals surface area contributed by atoms with Gasteiger partial charge in [0.05, 0.1) is 12.2 Å². The van der Waals surface area contributed by atoms with Crippen LogP contribution < -0.4 is 15.8 Å². The van der Waals surface area contributed by atoms with Crippen molar-refractivity contribution in [2.75, 3.05) is 19.7 Å². The van der Waals surface area contributed by atoms with Crippen LogP contribution in [0.15, 0.2) is 48.8 Å². The zero-order valence-electron chi connectivity index (χ0n) is 17.6. The molecule has 1 atom stereocenters. The highest BCUT2D eigenvalue weighted by Gasteiger charge is 2.35. The first-order valence-electron chi connectivity index (χ1n) is 10.5. The summed E-state index contributed by atoms with van der Waals surface area (Å²) in [5, 5.41) is 3.62. The summed E-state index contributed by atoms with van der Waals surface area (Å²) in [7, 11) is 0. The number of benzene rings is 1. The maximum Gasteiger partial charge on any atom is 0.137 e. The van der Waals surface area contributed by atoms with Crippen LogP contribution in [0.2, 0.25) is 0 Å². The number of rotatable bonds is 8. The Balaban J connectivity index is 1.49. The molecule has 3 rings (SSSR count). The minimum atomic E-state index is -0.0486. The van der Waals surface area contributed by atoms with E-state index >= 15 is 0 Å². The lowest BCUT2D eigenvalue weighted by atomic mass is 9.79. The molecule has 4 nitrogen and oxygen atoms in total. The Morgan fingerprint density at radius 3 is 2.54 bits per heavy atom. The van der Waals surface area contributed by atoms with Crippen molar-refractivity contribution in [1.29, 1.82) is 0 Å². The Kier molecular flexibility index (Phi) is 6.73. The predicted octanol–water partition coefficient (Wildman–Crippen LogP) is 4.19. The standard InChI is InChI=1S/C24H35N3O/c1-23(2,3)20-13-22(16-26-14-20)28-17-21(25)15-27-18-24(11-7-8-12-24)19-9-5-4-6-10-19/h4-6,9-10,13-14,16,21,27H,7-8,11-12,15,17-18,25H2,1-3H3/t21-/m0/s1. The fourth-order valence-electron chi connectivity index (χ4n) is 4.08. The first kappa shape index (κ1) is 20.8. The Labute approximate surface area is 169 Å². The van der Waals surface area contributed by atoms with E-state index in [2.05, 4.69) is 67.5 Å². The van der Waals surface area contributed by atoms with Gasteiger partial charge in [-0.05, 0) is 35.4 Å². The number of hydrogen-bond donors (Lipinski definition) is 2. The van der Waals surface area contributed by atoms with E-state index in [0.29, 0.717) is 6.61 Å². The van der Waals surface area contributed by atoms with Crippen LogP contribution in [0.3, 0.4) is 0 Å². The molecule has 1 aliphatic rings. The summed E-state index contributed by atoms with van der Waals surface area (Å²) in [6.45, 7) is 8.74. The minimum absolute atomic E-state index is 0.0486. The van der Waals surface area contributed by atoms with Crippen LogP contribution in [0.1, 0.15) is 57.6 Å². The van der Waals surface area contributed by atoms with E-state index < -0.39 is 0 Å². The van der Waals surface area contributed by atoms with E-state index in [9.17, 15) is 0 Å². The maximum atomic E-state index is 6.30. The van der Waals surface area contributed by atoms with Crippen LogP contribution in [0.25, 0.3) is 0 Å². The maximum absolute atomic E-state index is 6.30. The summed E-state index contributed by atoms with van der Waals surface area (Å²) in [5.74, 6) is 0.791. The molecule has 1 heterocycles. The van der Waals surface area contributed by atoms with Gasteiger partial charge < -0.3 is 15.8 Å². The van der Waals surface area contributed by atoms with Crippen LogP contribution in [0.4, 0.5) is 0 Å². The minimum Gasteiger partial charge on any atom is -0.490 e. The van der Waals surface area contributed by atoms with Crippen LogP contribution in [-0.4, -0.2) is 30.7 Å². The van der Waals surface area contributed by atoms with Crippen LogP contribution in [0.5, 0.6) is 5.75 Å². The molecule has 0 unspecified atom stereocenters. The van der Waals surface area contributed by atoms with Crippen molar-refractivity contribution in [3.8, 4) is 5.75 Å². The molecule has 152 valence electrons. The van der Waals surface area contributed by atoms with E-state index in [1.807, 2.05) is 6.20 Å². The summed E-state index contributed by atoms with van der Waals surface area (Å²) >= 11 is 0. The predicted molar refractivity (Wildman–Crippen MR) is 116 cm³/mol. The smallest absolute Gasteiger partial charge is 0.137 e. The molecule has 0 bridgehead atoms. The number of nitrogens with one attached hydrogen (secondary N) is 1. The van der Waals surface area contributed by atoms with Gasteiger partial charge in [-0.1, -0.05) is 63.9 Å². The summed E-state index contributed by atoms with van der Waals surface area (Å²) in [6, 6.07) is 12.9. The zero-order chi connectivity index (χ0) is 20.0. The molecule has 0 spiro atoms. The van der Waals surface area contributed by atoms with Gasteiger partial charge in [-0.15, -0.1) is 0 Å². The van der Waals surface area contributed by atoms with Gasteiger partial charge in [-0.3, -0.25) is 4.98 Å². The summed E-state index contributed by atoms with van der Waals surface area (Å²) in [5.41, 5.74) is 9.24. The van der Waals surface area contributed by atoms with Crippen molar-refractivity contribution in [2.24, 2.45) is 5.73 Å². The fraction of sp³-hybridized carbons (Fsp3) is 0.542. The highest BCUT2D eigenvalue weighted by atomic mass is 16.5. The molecule has 0 saturated heterocycles. The molecule has 0 aliphatic heterocycles. The SMILES string of the molecule is CC(C)(C)c1cncc(OC[C@@H](N)CNCC2(c3ccccc3)CCCC2)c1. The number of nitrogens with zero attached hydrogens (tertiary/aromatic N) is 1. The quantitative estimate of drug-likeness (QED) is 0.720. The molecule has 1 aliphatic carbocycles. The second-order valence-electron chi connectivity index (χ2n) is 9.21. The molecule has 4 heteroatoms. The Bertz CT molecular complexity index is 733. The Hall–Kier alpha value is -1.91. The highest BCUT2D eigenvalue weighted by molar-refractivity contribution is 5.29. The van der Waals surface area contributed by atoms with E-state index in [0.717, 1.165) is 18.8 Å². The van der Waals surface area contributed by atoms with Gasteiger partial charge in [0.15, 0.2) is 0 Å². The summed E-state index contributed by atoms with van der Waals surface area (Å²) in [4.78, 5) is 4.30. The lowest BCUT2D eigenvalue weighted by Crippen LogP contribution is -2.43. The van der Waals surface area contributed by atoms with Crippen molar-refractivity contribution in [3.63, 3.8) is 0 Å². The Morgan fingerprint density at radius 1 is 1.14 bits per heavy atom. The van der Waals surface area contributed by atoms with Gasteiger partial charge in [-0.2, -0.15) is 0 Å². The van der Waals surface area contributed by atoms with E-state index in [1.54, 1.807) is 6.20 Å². The monoisotopic (exact) mass is 381 g/mol. The van der Waals surface area contributed by atoms with Crippen LogP contribution in [-0.2, 0) is 10.8 Å². The van der Waals surface area contributed by atoms with Crippen molar-refractivity contribution >= 4 is 0 Å². The van der Waals surface area contributed by atoms with Gasteiger partial charge in [0.2, 0.25) is 0 Å². The van der Waals surface area contributed by atoms with E-state index in [4.69, 9.17) is 10.5 Å². The first-order valence-corrected chi connectivity index (χ1v) is 10.5. The highest BCUT2D eigenvalue weighted by Crippen LogP contribution is 2.40. The molecule has 28 heavy (non-hydrogen) atoms. The third-order valence-electron chi connectivity index (χ3n) is 5.86. The lowest BCUT2D eigenvalue weighted by molar-refractivity contribution is 0.278. The molecule has 0 radical (unpaired) electrons. The average Bonchev–Trinajstić information content (AvgIpc) is 3.17. The second kappa shape index (κ2) is 9.06. The molecule has 2 aromatic rings. The molecular formula is C24H35N3O. The van der Waals surface area contributed by atoms with Gasteiger partial charge in [-0.25, -0.2) is 0 Å². The van der Waals surface area contributed by atoms with Crippen molar-refractivity contribution in [3.05, 3.63) is 59.9 Å². The number of ether oxygens (including phenoxy) is 1. The van der Waals surface area contributed by atoms with E-state index in [1.165, 1.54) is 36.8 Å². The topological polar surface area (TPSA) is 60.2 Å². The van der Waals surface area contributed by atoms with Gasteiger partial charge in [0.1, 0.15) is 12.4 Å². The first-order chi connectivity index (χ1) is 13.4. The fourth-order valence-corrected chi connectivity index (χ4v) is 4.08. The second-order valence-corrected chi connectivity index (χ2v) is 9.21. The molecule has 1 aromatic heterocycles. The van der Waals surface area contributed by atoms with E-state index in [-0.39, 0.29) is 16.9 Å². The largest absolute Gasteiger partial charge is 0.490 e. The van der Waals surface area contributed by atoms with Crippen molar-refractivity contribution in [1.82, 2.24) is 10.3 Å². The van der Waals surface area contributed by atoms with Gasteiger partial charge >= 0.3 is 0 Å². The third kappa shape index (κ3) is 5.33. The van der Waals surface area contributed by atoms with Gasteiger partial charge in [0, 0.05) is 24.7 Å². The molecule has 3 N–H and O–H groups in total. The van der Waals surface area contributed by atoms with Crippen LogP contribution >= 0.6 is 0 Å². The Morgan fingerprint density at radius 2 is 1.86 bits per heavy atom. The number of nitrogens with two attached hydrogens (primary N) is 1. The van der Waals surface area contributed by atoms with Crippen molar-refractivity contribution < 1.29 is 4.74 Å². The van der Waals surface area contributed by atoms with Gasteiger partial charge in [0.25, 0.3) is 0 Å². The zero-order valence-corrected chi connectivity index (χ0v) is 17.6. The molecule has 1 aromatic carbocycles. The van der Waals surface area contributed by atoms with Crippen molar-refractivity contribution in [2.45, 2.75) is 63.3 Å². The summed E-state index contributed by atoms with van der Waals surface area (Å²) in [6.07, 6.45) is 8.78.